The van der Waals surface area contributed by atoms with Crippen LogP contribution in [0.4, 0.5) is 5.69 Å². The summed E-state index contributed by atoms with van der Waals surface area (Å²) in [5.41, 5.74) is 2.34. The summed E-state index contributed by atoms with van der Waals surface area (Å²) in [4.78, 5) is 46.5. The summed E-state index contributed by atoms with van der Waals surface area (Å²) in [7, 11) is 1.78. The molecule has 0 unspecified atom stereocenters. The van der Waals surface area contributed by atoms with Crippen LogP contribution in [-0.4, -0.2) is 58.1 Å². The van der Waals surface area contributed by atoms with E-state index in [4.69, 9.17) is 0 Å². The molecule has 0 radical (unpaired) electrons. The zero-order valence-electron chi connectivity index (χ0n) is 18.2. The average molecular weight is 471 g/mol. The summed E-state index contributed by atoms with van der Waals surface area (Å²) in [6.45, 7) is 4.45. The molecule has 7 nitrogen and oxygen atoms in total. The van der Waals surface area contributed by atoms with Crippen molar-refractivity contribution in [2.24, 2.45) is 4.99 Å². The van der Waals surface area contributed by atoms with Crippen LogP contribution < -0.4 is 5.32 Å². The Kier molecular flexibility index (Phi) is 6.95. The fourth-order valence-electron chi connectivity index (χ4n) is 3.70. The zero-order chi connectivity index (χ0) is 22.7. The number of amidine groups is 1. The fraction of sp³-hybridized carbons (Fsp3) is 0.391. The minimum atomic E-state index is -0.471. The maximum Gasteiger partial charge on any atom is 0.262 e. The number of thiophene rings is 1. The summed E-state index contributed by atoms with van der Waals surface area (Å²) in [6, 6.07) is 8.89. The van der Waals surface area contributed by atoms with E-state index < -0.39 is 5.25 Å². The standard InChI is InChI=1S/C23H26N4O3S2/c1-15-9-12-31-19(15)14-26(2)22(30)16-5-7-17(8-6-16)24-20(28)13-18-21(29)25-23(32-18)27-10-3-4-11-27/h5-9,12,18H,3-4,10-11,13-14H2,1-2H3,(H,24,28)/t18-/m1/s1. The highest BCUT2D eigenvalue weighted by molar-refractivity contribution is 8.15. The number of anilines is 1. The van der Waals surface area contributed by atoms with Crippen LogP contribution in [0.1, 0.15) is 40.1 Å². The minimum absolute atomic E-state index is 0.0739. The quantitative estimate of drug-likeness (QED) is 0.695. The van der Waals surface area contributed by atoms with Gasteiger partial charge in [-0.05, 0) is 61.0 Å². The molecule has 2 aromatic rings. The molecule has 1 N–H and O–H groups in total. The van der Waals surface area contributed by atoms with Gasteiger partial charge in [-0.1, -0.05) is 11.8 Å². The van der Waals surface area contributed by atoms with E-state index in [1.165, 1.54) is 22.2 Å². The average Bonchev–Trinajstić information content (AvgIpc) is 3.51. The summed E-state index contributed by atoms with van der Waals surface area (Å²) >= 11 is 3.02. The van der Waals surface area contributed by atoms with E-state index in [2.05, 4.69) is 15.2 Å². The largest absolute Gasteiger partial charge is 0.351 e. The Morgan fingerprint density at radius 3 is 2.56 bits per heavy atom. The number of amides is 3. The third-order valence-corrected chi connectivity index (χ3v) is 7.81. The summed E-state index contributed by atoms with van der Waals surface area (Å²) in [6.07, 6.45) is 2.30. The number of aliphatic imine (C=N–C) groups is 1. The van der Waals surface area contributed by atoms with Crippen molar-refractivity contribution in [2.45, 2.75) is 38.0 Å². The van der Waals surface area contributed by atoms with Gasteiger partial charge in [0.25, 0.3) is 11.8 Å². The number of nitrogens with one attached hydrogen (secondary N) is 1. The predicted octanol–water partition coefficient (Wildman–Crippen LogP) is 3.75. The first kappa shape index (κ1) is 22.5. The molecule has 0 bridgehead atoms. The number of likely N-dealkylation sites (tertiary alicyclic amines) is 1. The van der Waals surface area contributed by atoms with Gasteiger partial charge in [0.05, 0.1) is 6.54 Å². The molecule has 32 heavy (non-hydrogen) atoms. The molecule has 0 spiro atoms. The van der Waals surface area contributed by atoms with Crippen LogP contribution in [0.25, 0.3) is 0 Å². The molecule has 0 aliphatic carbocycles. The molecule has 2 aliphatic heterocycles. The number of rotatable bonds is 6. The van der Waals surface area contributed by atoms with Crippen molar-refractivity contribution in [3.8, 4) is 0 Å². The Morgan fingerprint density at radius 1 is 1.19 bits per heavy atom. The molecule has 2 aliphatic rings. The summed E-state index contributed by atoms with van der Waals surface area (Å²) < 4.78 is 0. The van der Waals surface area contributed by atoms with E-state index in [1.807, 2.05) is 18.4 Å². The maximum absolute atomic E-state index is 12.7. The lowest BCUT2D eigenvalue weighted by molar-refractivity contribution is -0.121. The second kappa shape index (κ2) is 9.87. The number of thioether (sulfide) groups is 1. The van der Waals surface area contributed by atoms with Crippen molar-refractivity contribution in [2.75, 3.05) is 25.5 Å². The maximum atomic E-state index is 12.7. The van der Waals surface area contributed by atoms with Crippen LogP contribution in [0.15, 0.2) is 40.7 Å². The van der Waals surface area contributed by atoms with Gasteiger partial charge in [-0.3, -0.25) is 14.4 Å². The third-order valence-electron chi connectivity index (χ3n) is 5.59. The van der Waals surface area contributed by atoms with Crippen molar-refractivity contribution >= 4 is 51.7 Å². The first-order valence-electron chi connectivity index (χ1n) is 10.6. The van der Waals surface area contributed by atoms with E-state index in [-0.39, 0.29) is 24.1 Å². The lowest BCUT2D eigenvalue weighted by Crippen LogP contribution is -2.26. The number of benzene rings is 1. The predicted molar refractivity (Wildman–Crippen MR) is 129 cm³/mol. The van der Waals surface area contributed by atoms with Gasteiger partial charge < -0.3 is 15.1 Å². The van der Waals surface area contributed by atoms with Gasteiger partial charge in [0.1, 0.15) is 5.25 Å². The van der Waals surface area contributed by atoms with Crippen LogP contribution in [-0.2, 0) is 16.1 Å². The smallest absolute Gasteiger partial charge is 0.262 e. The number of carbonyl (C=O) groups is 3. The summed E-state index contributed by atoms with van der Waals surface area (Å²) in [5, 5.41) is 5.12. The highest BCUT2D eigenvalue weighted by Gasteiger charge is 2.33. The Labute approximate surface area is 195 Å². The molecular formula is C23H26N4O3S2. The van der Waals surface area contributed by atoms with Gasteiger partial charge >= 0.3 is 0 Å². The molecule has 3 amide bonds. The monoisotopic (exact) mass is 470 g/mol. The molecule has 168 valence electrons. The van der Waals surface area contributed by atoms with E-state index >= 15 is 0 Å². The molecule has 4 rings (SSSR count). The molecule has 0 saturated carbocycles. The molecule has 1 aromatic heterocycles. The van der Waals surface area contributed by atoms with Gasteiger partial charge in [-0.15, -0.1) is 11.3 Å². The van der Waals surface area contributed by atoms with Crippen LogP contribution in [0, 0.1) is 6.92 Å². The fourth-order valence-corrected chi connectivity index (χ4v) is 5.78. The van der Waals surface area contributed by atoms with Gasteiger partial charge in [-0.25, -0.2) is 0 Å². The highest BCUT2D eigenvalue weighted by Crippen LogP contribution is 2.29. The Bertz CT molecular complexity index is 1040. The molecule has 9 heteroatoms. The van der Waals surface area contributed by atoms with Gasteiger partial charge in [0.2, 0.25) is 5.91 Å². The van der Waals surface area contributed by atoms with Crippen molar-refractivity contribution in [1.82, 2.24) is 9.80 Å². The van der Waals surface area contributed by atoms with Crippen molar-refractivity contribution in [3.63, 3.8) is 0 Å². The molecule has 1 saturated heterocycles. The number of hydrogen-bond donors (Lipinski definition) is 1. The topological polar surface area (TPSA) is 82.1 Å². The van der Waals surface area contributed by atoms with Gasteiger partial charge in [0.15, 0.2) is 5.17 Å². The molecular weight excluding hydrogens is 444 g/mol. The number of hydrogen-bond acceptors (Lipinski definition) is 6. The van der Waals surface area contributed by atoms with E-state index in [0.29, 0.717) is 17.8 Å². The van der Waals surface area contributed by atoms with E-state index in [1.54, 1.807) is 47.5 Å². The van der Waals surface area contributed by atoms with Crippen molar-refractivity contribution in [3.05, 3.63) is 51.7 Å². The van der Waals surface area contributed by atoms with E-state index in [9.17, 15) is 14.4 Å². The Morgan fingerprint density at radius 2 is 1.91 bits per heavy atom. The lowest BCUT2D eigenvalue weighted by Gasteiger charge is -2.17. The van der Waals surface area contributed by atoms with Crippen LogP contribution in [0.5, 0.6) is 0 Å². The van der Waals surface area contributed by atoms with E-state index in [0.717, 1.165) is 31.1 Å². The minimum Gasteiger partial charge on any atom is -0.351 e. The Hall–Kier alpha value is -2.65. The SMILES string of the molecule is Cc1ccsc1CN(C)C(=O)c1ccc(NC(=O)C[C@H]2SC(N3CCCC3)=NC2=O)cc1. The summed E-state index contributed by atoms with van der Waals surface area (Å²) in [5.74, 6) is -0.551. The van der Waals surface area contributed by atoms with Gasteiger partial charge in [-0.2, -0.15) is 4.99 Å². The molecule has 1 fully saturated rings. The van der Waals surface area contributed by atoms with Crippen LogP contribution in [0.3, 0.4) is 0 Å². The lowest BCUT2D eigenvalue weighted by atomic mass is 10.1. The number of nitrogens with zero attached hydrogens (tertiary/aromatic N) is 3. The Balaban J connectivity index is 1.28. The molecule has 3 heterocycles. The third kappa shape index (κ3) is 5.21. The normalized spacial score (nSPS) is 18.1. The number of aryl methyl sites for hydroxylation is 1. The zero-order valence-corrected chi connectivity index (χ0v) is 19.8. The van der Waals surface area contributed by atoms with Crippen molar-refractivity contribution < 1.29 is 14.4 Å². The van der Waals surface area contributed by atoms with Crippen LogP contribution >= 0.6 is 23.1 Å². The number of carbonyl (C=O) groups excluding carboxylic acids is 3. The molecule has 1 atom stereocenters. The second-order valence-corrected chi connectivity index (χ2v) is 10.2. The van der Waals surface area contributed by atoms with Crippen molar-refractivity contribution in [1.29, 1.82) is 0 Å². The first-order valence-corrected chi connectivity index (χ1v) is 12.4. The van der Waals surface area contributed by atoms with Crippen LogP contribution in [0.2, 0.25) is 0 Å². The second-order valence-electron chi connectivity index (χ2n) is 8.05. The van der Waals surface area contributed by atoms with Gasteiger partial charge in [0, 0.05) is 42.7 Å². The first-order chi connectivity index (χ1) is 15.4. The highest BCUT2D eigenvalue weighted by atomic mass is 32.2. The molecule has 1 aromatic carbocycles.